The highest BCUT2D eigenvalue weighted by Gasteiger charge is 2.52. The minimum atomic E-state index is -0.823. The highest BCUT2D eigenvalue weighted by Crippen LogP contribution is 2.36. The SMILES string of the molecule is O=C1NC2(CCN(c3cc(Cl)cc4[nH]ncc34)CC2)C(=O)N1Cc1ccccc1. The van der Waals surface area contributed by atoms with Crippen LogP contribution in [0.2, 0.25) is 5.02 Å². The predicted octanol–water partition coefficient (Wildman–Crippen LogP) is 3.31. The average Bonchev–Trinajstić information content (AvgIpc) is 3.28. The number of carbonyl (C=O) groups is 2. The van der Waals surface area contributed by atoms with Crippen molar-refractivity contribution in [2.75, 3.05) is 18.0 Å². The zero-order chi connectivity index (χ0) is 20.0. The highest BCUT2D eigenvalue weighted by atomic mass is 35.5. The van der Waals surface area contributed by atoms with E-state index < -0.39 is 5.54 Å². The number of fused-ring (bicyclic) bond motifs is 1. The first-order valence-corrected chi connectivity index (χ1v) is 9.99. The lowest BCUT2D eigenvalue weighted by Crippen LogP contribution is -2.55. The summed E-state index contributed by atoms with van der Waals surface area (Å²) in [6, 6.07) is 13.0. The average molecular weight is 410 g/mol. The van der Waals surface area contributed by atoms with Crippen molar-refractivity contribution in [3.05, 3.63) is 59.2 Å². The Morgan fingerprint density at radius 1 is 1.10 bits per heavy atom. The van der Waals surface area contributed by atoms with Gasteiger partial charge in [-0.1, -0.05) is 41.9 Å². The van der Waals surface area contributed by atoms with Gasteiger partial charge in [-0.15, -0.1) is 0 Å². The maximum atomic E-state index is 13.2. The van der Waals surface area contributed by atoms with Crippen LogP contribution in [0.15, 0.2) is 48.7 Å². The van der Waals surface area contributed by atoms with Crippen LogP contribution in [0, 0.1) is 0 Å². The fraction of sp³-hybridized carbons (Fsp3) is 0.286. The van der Waals surface area contributed by atoms with Crippen molar-refractivity contribution in [1.29, 1.82) is 0 Å². The molecule has 29 heavy (non-hydrogen) atoms. The molecule has 2 N–H and O–H groups in total. The van der Waals surface area contributed by atoms with Crippen LogP contribution in [0.4, 0.5) is 10.5 Å². The standard InChI is InChI=1S/C21H20ClN5O2/c22-15-10-17-16(12-23-25-17)18(11-15)26-8-6-21(7-9-26)19(28)27(20(29)24-21)13-14-4-2-1-3-5-14/h1-5,10-12H,6-9,13H2,(H,23,25)(H,24,29). The molecule has 3 heterocycles. The number of amides is 3. The second-order valence-corrected chi connectivity index (χ2v) is 8.07. The Bertz CT molecular complexity index is 1090. The molecule has 0 radical (unpaired) electrons. The molecule has 8 heteroatoms. The minimum Gasteiger partial charge on any atom is -0.371 e. The molecule has 1 aromatic heterocycles. The van der Waals surface area contributed by atoms with Gasteiger partial charge < -0.3 is 10.2 Å². The van der Waals surface area contributed by atoms with Crippen LogP contribution in [0.1, 0.15) is 18.4 Å². The van der Waals surface area contributed by atoms with Crippen LogP contribution >= 0.6 is 11.6 Å². The molecule has 0 bridgehead atoms. The highest BCUT2D eigenvalue weighted by molar-refractivity contribution is 6.31. The minimum absolute atomic E-state index is 0.134. The van der Waals surface area contributed by atoms with Crippen molar-refractivity contribution in [1.82, 2.24) is 20.4 Å². The summed E-state index contributed by atoms with van der Waals surface area (Å²) < 4.78 is 0. The van der Waals surface area contributed by atoms with Crippen LogP contribution in [-0.4, -0.2) is 45.7 Å². The number of rotatable bonds is 3. The lowest BCUT2D eigenvalue weighted by molar-refractivity contribution is -0.132. The molecule has 1 spiro atoms. The van der Waals surface area contributed by atoms with E-state index >= 15 is 0 Å². The fourth-order valence-electron chi connectivity index (χ4n) is 4.31. The van der Waals surface area contributed by atoms with Gasteiger partial charge in [0.2, 0.25) is 0 Å². The first-order valence-electron chi connectivity index (χ1n) is 9.61. The van der Waals surface area contributed by atoms with E-state index in [0.717, 1.165) is 22.2 Å². The van der Waals surface area contributed by atoms with Crippen molar-refractivity contribution < 1.29 is 9.59 Å². The molecule has 2 aliphatic rings. The van der Waals surface area contributed by atoms with Crippen molar-refractivity contribution in [2.24, 2.45) is 0 Å². The number of hydrogen-bond acceptors (Lipinski definition) is 4. The van der Waals surface area contributed by atoms with Crippen LogP contribution in [-0.2, 0) is 11.3 Å². The monoisotopic (exact) mass is 409 g/mol. The van der Waals surface area contributed by atoms with Gasteiger partial charge in [-0.3, -0.25) is 14.8 Å². The number of piperidine rings is 1. The molecule has 2 saturated heterocycles. The first-order chi connectivity index (χ1) is 14.1. The quantitative estimate of drug-likeness (QED) is 0.650. The van der Waals surface area contributed by atoms with Crippen LogP contribution in [0.5, 0.6) is 0 Å². The summed E-state index contributed by atoms with van der Waals surface area (Å²) in [5.74, 6) is -0.134. The number of aromatic amines is 1. The molecule has 3 amide bonds. The van der Waals surface area contributed by atoms with Gasteiger partial charge in [0.1, 0.15) is 5.54 Å². The third-order valence-electron chi connectivity index (χ3n) is 5.89. The zero-order valence-electron chi connectivity index (χ0n) is 15.7. The maximum Gasteiger partial charge on any atom is 0.325 e. The number of aromatic nitrogens is 2. The second-order valence-electron chi connectivity index (χ2n) is 7.63. The molecule has 0 saturated carbocycles. The normalized spacial score (nSPS) is 18.7. The van der Waals surface area contributed by atoms with E-state index in [-0.39, 0.29) is 11.9 Å². The van der Waals surface area contributed by atoms with E-state index in [1.54, 1.807) is 6.20 Å². The Morgan fingerprint density at radius 3 is 2.62 bits per heavy atom. The molecular formula is C21H20ClN5O2. The second kappa shape index (κ2) is 6.77. The van der Waals surface area contributed by atoms with Gasteiger partial charge in [-0.05, 0) is 30.5 Å². The molecule has 5 rings (SSSR count). The molecule has 3 aromatic rings. The van der Waals surface area contributed by atoms with E-state index in [0.29, 0.717) is 37.5 Å². The zero-order valence-corrected chi connectivity index (χ0v) is 16.4. The molecule has 2 aromatic carbocycles. The summed E-state index contributed by atoms with van der Waals surface area (Å²) in [5.41, 5.74) is 1.99. The van der Waals surface area contributed by atoms with Crippen molar-refractivity contribution in [3.8, 4) is 0 Å². The number of anilines is 1. The molecule has 2 fully saturated rings. The molecule has 148 valence electrons. The van der Waals surface area contributed by atoms with Crippen molar-refractivity contribution in [2.45, 2.75) is 24.9 Å². The number of H-pyrrole nitrogens is 1. The largest absolute Gasteiger partial charge is 0.371 e. The molecule has 0 aliphatic carbocycles. The number of hydrogen-bond donors (Lipinski definition) is 2. The lowest BCUT2D eigenvalue weighted by Gasteiger charge is -2.38. The van der Waals surface area contributed by atoms with Crippen molar-refractivity contribution in [3.63, 3.8) is 0 Å². The molecular weight excluding hydrogens is 390 g/mol. The summed E-state index contributed by atoms with van der Waals surface area (Å²) in [6.45, 7) is 1.58. The maximum absolute atomic E-state index is 13.2. The van der Waals surface area contributed by atoms with Crippen LogP contribution in [0.3, 0.4) is 0 Å². The van der Waals surface area contributed by atoms with Gasteiger partial charge >= 0.3 is 6.03 Å². The Balaban J connectivity index is 1.35. The van der Waals surface area contributed by atoms with E-state index in [9.17, 15) is 9.59 Å². The number of halogens is 1. The van der Waals surface area contributed by atoms with Gasteiger partial charge in [-0.2, -0.15) is 5.10 Å². The fourth-order valence-corrected chi connectivity index (χ4v) is 4.53. The summed E-state index contributed by atoms with van der Waals surface area (Å²) >= 11 is 6.27. The van der Waals surface area contributed by atoms with E-state index in [2.05, 4.69) is 20.4 Å². The third kappa shape index (κ3) is 3.02. The Hall–Kier alpha value is -3.06. The number of nitrogens with zero attached hydrogens (tertiary/aromatic N) is 3. The summed E-state index contributed by atoms with van der Waals surface area (Å²) in [5, 5.41) is 11.7. The van der Waals surface area contributed by atoms with Crippen molar-refractivity contribution >= 4 is 40.1 Å². The Morgan fingerprint density at radius 2 is 1.86 bits per heavy atom. The summed E-state index contributed by atoms with van der Waals surface area (Å²) in [7, 11) is 0. The smallest absolute Gasteiger partial charge is 0.325 e. The Kier molecular flexibility index (Phi) is 4.20. The molecule has 7 nitrogen and oxygen atoms in total. The topological polar surface area (TPSA) is 81.3 Å². The van der Waals surface area contributed by atoms with Crippen LogP contribution < -0.4 is 10.2 Å². The number of benzene rings is 2. The van der Waals surface area contributed by atoms with Gasteiger partial charge in [-0.25, -0.2) is 4.79 Å². The van der Waals surface area contributed by atoms with Gasteiger partial charge in [0.15, 0.2) is 0 Å². The van der Waals surface area contributed by atoms with E-state index in [1.807, 2.05) is 42.5 Å². The van der Waals surface area contributed by atoms with Gasteiger partial charge in [0.05, 0.1) is 18.3 Å². The molecule has 0 unspecified atom stereocenters. The Labute approximate surface area is 172 Å². The summed E-state index contributed by atoms with van der Waals surface area (Å²) in [6.07, 6.45) is 2.89. The number of imide groups is 1. The van der Waals surface area contributed by atoms with Gasteiger partial charge in [0, 0.05) is 29.2 Å². The molecule has 0 atom stereocenters. The van der Waals surface area contributed by atoms with E-state index in [4.69, 9.17) is 11.6 Å². The third-order valence-corrected chi connectivity index (χ3v) is 6.11. The number of nitrogens with one attached hydrogen (secondary N) is 2. The summed E-state index contributed by atoms with van der Waals surface area (Å²) in [4.78, 5) is 29.2. The number of urea groups is 1. The van der Waals surface area contributed by atoms with Crippen LogP contribution in [0.25, 0.3) is 10.9 Å². The predicted molar refractivity (Wildman–Crippen MR) is 111 cm³/mol. The van der Waals surface area contributed by atoms with E-state index in [1.165, 1.54) is 4.90 Å². The lowest BCUT2D eigenvalue weighted by atomic mass is 9.87. The number of carbonyl (C=O) groups excluding carboxylic acids is 2. The first kappa shape index (κ1) is 18.0. The molecule has 2 aliphatic heterocycles. The van der Waals surface area contributed by atoms with Gasteiger partial charge in [0.25, 0.3) is 5.91 Å².